The number of ketones is 1. The van der Waals surface area contributed by atoms with Gasteiger partial charge in [-0.2, -0.15) is 0 Å². The van der Waals surface area contributed by atoms with Crippen LogP contribution in [0.4, 0.5) is 0 Å². The summed E-state index contributed by atoms with van der Waals surface area (Å²) in [4.78, 5) is 33.4. The lowest BCUT2D eigenvalue weighted by Gasteiger charge is -2.25. The Morgan fingerprint density at radius 3 is 2.70 bits per heavy atom. The van der Waals surface area contributed by atoms with E-state index in [-0.39, 0.29) is 11.3 Å². The molecule has 30 heavy (non-hydrogen) atoms. The van der Waals surface area contributed by atoms with Crippen LogP contribution in [0.3, 0.4) is 0 Å². The lowest BCUT2D eigenvalue weighted by molar-refractivity contribution is -0.139. The molecule has 1 amide bonds. The Labute approximate surface area is 180 Å². The molecule has 1 aliphatic heterocycles. The summed E-state index contributed by atoms with van der Waals surface area (Å²) >= 11 is 6.08. The van der Waals surface area contributed by atoms with Crippen molar-refractivity contribution < 1.29 is 19.4 Å². The van der Waals surface area contributed by atoms with Gasteiger partial charge >= 0.3 is 0 Å². The molecule has 0 radical (unpaired) electrons. The number of aliphatic hydroxyl groups is 1. The summed E-state index contributed by atoms with van der Waals surface area (Å²) in [6.07, 6.45) is 3.91. The third-order valence-corrected chi connectivity index (χ3v) is 5.28. The molecule has 0 bridgehead atoms. The highest BCUT2D eigenvalue weighted by molar-refractivity contribution is 6.46. The van der Waals surface area contributed by atoms with Crippen molar-refractivity contribution in [3.63, 3.8) is 0 Å². The highest BCUT2D eigenvalue weighted by Crippen LogP contribution is 2.40. The van der Waals surface area contributed by atoms with Crippen LogP contribution in [0.1, 0.15) is 23.6 Å². The molecule has 1 atom stereocenters. The van der Waals surface area contributed by atoms with Gasteiger partial charge in [0.25, 0.3) is 11.7 Å². The van der Waals surface area contributed by atoms with Gasteiger partial charge in [-0.05, 0) is 56.9 Å². The minimum absolute atomic E-state index is 0.0298. The van der Waals surface area contributed by atoms with Gasteiger partial charge in [0.05, 0.1) is 23.7 Å². The molecule has 1 saturated heterocycles. The Morgan fingerprint density at radius 2 is 2.07 bits per heavy atom. The number of aliphatic hydroxyl groups excluding tert-OH is 1. The second-order valence-corrected chi connectivity index (χ2v) is 7.69. The fraction of sp³-hybridized carbons (Fsp3) is 0.318. The number of nitrogens with zero attached hydrogens (tertiary/aromatic N) is 3. The number of carbonyl (C=O) groups excluding carboxylic acids is 2. The van der Waals surface area contributed by atoms with Crippen LogP contribution in [0, 0.1) is 0 Å². The molecular formula is C22H24ClN3O4. The van der Waals surface area contributed by atoms with Crippen LogP contribution in [0.15, 0.2) is 48.3 Å². The molecule has 0 saturated carbocycles. The van der Waals surface area contributed by atoms with E-state index >= 15 is 0 Å². The maximum atomic E-state index is 12.9. The van der Waals surface area contributed by atoms with E-state index in [1.54, 1.807) is 36.7 Å². The number of hydrogen-bond donors (Lipinski definition) is 1. The summed E-state index contributed by atoms with van der Waals surface area (Å²) in [5, 5.41) is 11.4. The number of halogens is 1. The smallest absolute Gasteiger partial charge is 0.295 e. The number of likely N-dealkylation sites (tertiary alicyclic amines) is 1. The van der Waals surface area contributed by atoms with Crippen LogP contribution in [-0.2, 0) is 9.59 Å². The molecule has 158 valence electrons. The lowest BCUT2D eigenvalue weighted by Crippen LogP contribution is -2.32. The van der Waals surface area contributed by atoms with E-state index < -0.39 is 17.7 Å². The van der Waals surface area contributed by atoms with Gasteiger partial charge in [-0.25, -0.2) is 0 Å². The Balaban J connectivity index is 2.09. The van der Waals surface area contributed by atoms with Gasteiger partial charge in [0.1, 0.15) is 11.5 Å². The third kappa shape index (κ3) is 4.32. The summed E-state index contributed by atoms with van der Waals surface area (Å²) in [5.74, 6) is -1.27. The molecule has 1 unspecified atom stereocenters. The Bertz CT molecular complexity index is 976. The first kappa shape index (κ1) is 21.8. The van der Waals surface area contributed by atoms with Crippen LogP contribution in [-0.4, -0.2) is 65.9 Å². The first-order valence-corrected chi connectivity index (χ1v) is 9.90. The number of methoxy groups -OCH3 is 1. The normalized spacial score (nSPS) is 18.3. The number of ether oxygens (including phenoxy) is 1. The van der Waals surface area contributed by atoms with Gasteiger partial charge < -0.3 is 19.6 Å². The van der Waals surface area contributed by atoms with Gasteiger partial charge in [-0.3, -0.25) is 14.6 Å². The van der Waals surface area contributed by atoms with Crippen molar-refractivity contribution in [1.82, 2.24) is 14.8 Å². The lowest BCUT2D eigenvalue weighted by atomic mass is 9.96. The van der Waals surface area contributed by atoms with Crippen LogP contribution >= 0.6 is 11.6 Å². The second kappa shape index (κ2) is 9.28. The van der Waals surface area contributed by atoms with E-state index in [2.05, 4.69) is 4.98 Å². The number of hydrogen-bond acceptors (Lipinski definition) is 6. The number of pyridine rings is 1. The molecule has 3 rings (SSSR count). The van der Waals surface area contributed by atoms with E-state index in [0.717, 1.165) is 6.54 Å². The molecule has 2 aromatic rings. The fourth-order valence-electron chi connectivity index (χ4n) is 3.51. The van der Waals surface area contributed by atoms with E-state index in [9.17, 15) is 14.7 Å². The van der Waals surface area contributed by atoms with Gasteiger partial charge in [-0.15, -0.1) is 0 Å². The minimum Gasteiger partial charge on any atom is -0.507 e. The highest BCUT2D eigenvalue weighted by Gasteiger charge is 2.45. The van der Waals surface area contributed by atoms with Gasteiger partial charge in [0.2, 0.25) is 0 Å². The van der Waals surface area contributed by atoms with Crippen LogP contribution < -0.4 is 4.74 Å². The average molecular weight is 430 g/mol. The van der Waals surface area contributed by atoms with E-state index in [1.807, 2.05) is 19.0 Å². The van der Waals surface area contributed by atoms with Crippen molar-refractivity contribution in [3.8, 4) is 5.75 Å². The summed E-state index contributed by atoms with van der Waals surface area (Å²) in [6, 6.07) is 7.50. The summed E-state index contributed by atoms with van der Waals surface area (Å²) in [7, 11) is 5.35. The quantitative estimate of drug-likeness (QED) is 0.413. The zero-order valence-corrected chi connectivity index (χ0v) is 17.9. The first-order chi connectivity index (χ1) is 14.3. The number of carbonyl (C=O) groups is 2. The molecule has 2 heterocycles. The van der Waals surface area contributed by atoms with Crippen LogP contribution in [0.5, 0.6) is 5.75 Å². The Kier molecular flexibility index (Phi) is 6.74. The van der Waals surface area contributed by atoms with Crippen LogP contribution in [0.25, 0.3) is 5.76 Å². The van der Waals surface area contributed by atoms with Crippen molar-refractivity contribution >= 4 is 29.1 Å². The number of Topliss-reactive ketones (excluding diaryl/α,β-unsaturated/α-hetero) is 1. The molecule has 1 aromatic heterocycles. The molecule has 0 aliphatic carbocycles. The Morgan fingerprint density at radius 1 is 1.30 bits per heavy atom. The number of rotatable bonds is 7. The minimum atomic E-state index is -0.722. The zero-order chi connectivity index (χ0) is 21.8. The fourth-order valence-corrected chi connectivity index (χ4v) is 3.71. The monoisotopic (exact) mass is 429 g/mol. The number of amides is 1. The highest BCUT2D eigenvalue weighted by atomic mass is 35.5. The third-order valence-electron chi connectivity index (χ3n) is 4.97. The van der Waals surface area contributed by atoms with Gasteiger partial charge in [0.15, 0.2) is 0 Å². The van der Waals surface area contributed by atoms with E-state index in [1.165, 1.54) is 18.1 Å². The maximum Gasteiger partial charge on any atom is 0.295 e. The SMILES string of the molecule is COc1cc(/C(O)=C2/C(=O)C(=O)N(CCCN(C)C)C2c2cccnc2)ccc1Cl. The largest absolute Gasteiger partial charge is 0.507 e. The molecule has 7 nitrogen and oxygen atoms in total. The Hall–Kier alpha value is -2.90. The van der Waals surface area contributed by atoms with Gasteiger partial charge in [-0.1, -0.05) is 17.7 Å². The molecule has 0 spiro atoms. The average Bonchev–Trinajstić information content (AvgIpc) is 2.99. The molecular weight excluding hydrogens is 406 g/mol. The molecule has 1 aliphatic rings. The molecule has 1 N–H and O–H groups in total. The van der Waals surface area contributed by atoms with Crippen molar-refractivity contribution in [1.29, 1.82) is 0 Å². The maximum absolute atomic E-state index is 12.9. The molecule has 8 heteroatoms. The predicted molar refractivity (Wildman–Crippen MR) is 114 cm³/mol. The molecule has 1 aromatic carbocycles. The van der Waals surface area contributed by atoms with Crippen LogP contribution in [0.2, 0.25) is 5.02 Å². The second-order valence-electron chi connectivity index (χ2n) is 7.29. The number of benzene rings is 1. The summed E-state index contributed by atoms with van der Waals surface area (Å²) in [5.41, 5.74) is 1.03. The van der Waals surface area contributed by atoms with E-state index in [0.29, 0.717) is 34.9 Å². The van der Waals surface area contributed by atoms with Crippen molar-refractivity contribution in [2.45, 2.75) is 12.5 Å². The first-order valence-electron chi connectivity index (χ1n) is 9.52. The topological polar surface area (TPSA) is 83.0 Å². The predicted octanol–water partition coefficient (Wildman–Crippen LogP) is 3.12. The standard InChI is InChI=1S/C22H24ClN3O4/c1-25(2)10-5-11-26-19(15-6-4-9-24-13-15)18(21(28)22(26)29)20(27)14-7-8-16(23)17(12-14)30-3/h4,6-9,12-13,19,27H,5,10-11H2,1-3H3/b20-18-. The van der Waals surface area contributed by atoms with Gasteiger partial charge in [0, 0.05) is 24.5 Å². The van der Waals surface area contributed by atoms with Crippen molar-refractivity contribution in [2.75, 3.05) is 34.3 Å². The number of aromatic nitrogens is 1. The van der Waals surface area contributed by atoms with Crippen molar-refractivity contribution in [3.05, 3.63) is 64.4 Å². The zero-order valence-electron chi connectivity index (χ0n) is 17.1. The molecule has 1 fully saturated rings. The van der Waals surface area contributed by atoms with Crippen molar-refractivity contribution in [2.24, 2.45) is 0 Å². The van der Waals surface area contributed by atoms with E-state index in [4.69, 9.17) is 16.3 Å². The summed E-state index contributed by atoms with van der Waals surface area (Å²) in [6.45, 7) is 1.14. The summed E-state index contributed by atoms with van der Waals surface area (Å²) < 4.78 is 5.21.